The van der Waals surface area contributed by atoms with Crippen molar-refractivity contribution in [2.24, 2.45) is 5.41 Å². The van der Waals surface area contributed by atoms with Crippen LogP contribution in [0.15, 0.2) is 24.3 Å². The zero-order chi connectivity index (χ0) is 15.9. The Bertz CT molecular complexity index is 517. The number of aryl methyl sites for hydroxylation is 1. The molecule has 3 nitrogen and oxygen atoms in total. The second-order valence-electron chi connectivity index (χ2n) is 5.78. The van der Waals surface area contributed by atoms with Crippen molar-refractivity contribution in [3.8, 4) is 5.75 Å². The summed E-state index contributed by atoms with van der Waals surface area (Å²) in [7, 11) is 1.96. The Balaban J connectivity index is 2.86. The van der Waals surface area contributed by atoms with E-state index in [0.717, 1.165) is 31.4 Å². The molecule has 21 heavy (non-hydrogen) atoms. The number of hydrogen-bond acceptors (Lipinski definition) is 3. The van der Waals surface area contributed by atoms with E-state index >= 15 is 0 Å². The van der Waals surface area contributed by atoms with Crippen LogP contribution in [-0.4, -0.2) is 20.8 Å². The summed E-state index contributed by atoms with van der Waals surface area (Å²) in [6.45, 7) is 6.50. The number of hydrogen-bond donors (Lipinski definition) is 0. The van der Waals surface area contributed by atoms with E-state index in [1.807, 2.05) is 31.2 Å². The molecule has 1 aromatic rings. The summed E-state index contributed by atoms with van der Waals surface area (Å²) >= 11 is 0. The fraction of sp³-hybridized carbons (Fsp3) is 0.625. The molecule has 0 atom stereocenters. The molecule has 0 unspecified atom stereocenters. The van der Waals surface area contributed by atoms with Gasteiger partial charge in [0, 0.05) is 16.1 Å². The van der Waals surface area contributed by atoms with E-state index in [0.29, 0.717) is 6.61 Å². The topological polar surface area (TPSA) is 43.4 Å². The van der Waals surface area contributed by atoms with Gasteiger partial charge in [-0.1, -0.05) is 44.4 Å². The van der Waals surface area contributed by atoms with Crippen molar-refractivity contribution in [1.82, 2.24) is 0 Å². The van der Waals surface area contributed by atoms with E-state index < -0.39 is 14.5 Å². The molecule has 5 heteroatoms. The lowest BCUT2D eigenvalue weighted by Gasteiger charge is -2.32. The standard InChI is InChI=1S/C16H25ClO3S/c1-4-10-16(11-5-2,13-21(17,18)19)12-20-15-8-6-14(3)7-9-15/h6-9H,4-5,10-13H2,1-3H3. The Morgan fingerprint density at radius 1 is 1.10 bits per heavy atom. The van der Waals surface area contributed by atoms with Crippen LogP contribution in [0.5, 0.6) is 5.75 Å². The Morgan fingerprint density at radius 3 is 2.05 bits per heavy atom. The first-order chi connectivity index (χ1) is 9.80. The van der Waals surface area contributed by atoms with E-state index in [1.54, 1.807) is 0 Å². The van der Waals surface area contributed by atoms with E-state index in [2.05, 4.69) is 13.8 Å². The molecular formula is C16H25ClO3S. The monoisotopic (exact) mass is 332 g/mol. The van der Waals surface area contributed by atoms with Crippen molar-refractivity contribution in [1.29, 1.82) is 0 Å². The quantitative estimate of drug-likeness (QED) is 0.624. The average molecular weight is 333 g/mol. The lowest BCUT2D eigenvalue weighted by Crippen LogP contribution is -2.35. The fourth-order valence-corrected chi connectivity index (χ4v) is 4.55. The first-order valence-corrected chi connectivity index (χ1v) is 9.90. The van der Waals surface area contributed by atoms with Gasteiger partial charge in [-0.25, -0.2) is 8.42 Å². The third kappa shape index (κ3) is 6.70. The summed E-state index contributed by atoms with van der Waals surface area (Å²) in [6.07, 6.45) is 3.39. The van der Waals surface area contributed by atoms with Crippen LogP contribution in [0, 0.1) is 12.3 Å². The fourth-order valence-electron chi connectivity index (χ4n) is 2.75. The Kier molecular flexibility index (Phi) is 7.01. The highest BCUT2D eigenvalue weighted by atomic mass is 35.7. The molecular weight excluding hydrogens is 308 g/mol. The minimum absolute atomic E-state index is 0.0326. The molecule has 0 spiro atoms. The lowest BCUT2D eigenvalue weighted by molar-refractivity contribution is 0.141. The van der Waals surface area contributed by atoms with Crippen LogP contribution < -0.4 is 4.74 Å². The highest BCUT2D eigenvalue weighted by molar-refractivity contribution is 8.13. The van der Waals surface area contributed by atoms with Gasteiger partial charge in [0.1, 0.15) is 5.75 Å². The summed E-state index contributed by atoms with van der Waals surface area (Å²) in [6, 6.07) is 7.78. The van der Waals surface area contributed by atoms with Crippen LogP contribution in [-0.2, 0) is 9.05 Å². The van der Waals surface area contributed by atoms with Gasteiger partial charge in [-0.3, -0.25) is 0 Å². The maximum atomic E-state index is 11.6. The van der Waals surface area contributed by atoms with Crippen LogP contribution in [0.25, 0.3) is 0 Å². The predicted octanol–water partition coefficient (Wildman–Crippen LogP) is 4.53. The minimum atomic E-state index is -3.55. The summed E-state index contributed by atoms with van der Waals surface area (Å²) in [5.41, 5.74) is 0.758. The zero-order valence-corrected chi connectivity index (χ0v) is 14.6. The van der Waals surface area contributed by atoms with Gasteiger partial charge >= 0.3 is 0 Å². The average Bonchev–Trinajstić information content (AvgIpc) is 2.37. The van der Waals surface area contributed by atoms with E-state index in [4.69, 9.17) is 15.4 Å². The van der Waals surface area contributed by atoms with Crippen molar-refractivity contribution >= 4 is 19.7 Å². The second-order valence-corrected chi connectivity index (χ2v) is 8.56. The van der Waals surface area contributed by atoms with Crippen LogP contribution in [0.2, 0.25) is 0 Å². The van der Waals surface area contributed by atoms with Gasteiger partial charge < -0.3 is 4.74 Å². The third-order valence-electron chi connectivity index (χ3n) is 3.61. The molecule has 0 radical (unpaired) electrons. The number of ether oxygens (including phenoxy) is 1. The highest BCUT2D eigenvalue weighted by Gasteiger charge is 2.34. The zero-order valence-electron chi connectivity index (χ0n) is 13.1. The molecule has 1 rings (SSSR count). The Morgan fingerprint density at radius 2 is 1.62 bits per heavy atom. The molecule has 0 aliphatic carbocycles. The second kappa shape index (κ2) is 8.04. The van der Waals surface area contributed by atoms with Crippen molar-refractivity contribution in [2.75, 3.05) is 12.4 Å². The summed E-state index contributed by atoms with van der Waals surface area (Å²) in [5.74, 6) is 0.735. The van der Waals surface area contributed by atoms with Gasteiger partial charge in [0.2, 0.25) is 9.05 Å². The minimum Gasteiger partial charge on any atom is -0.493 e. The largest absolute Gasteiger partial charge is 0.493 e. The normalized spacial score (nSPS) is 12.4. The molecule has 1 aromatic carbocycles. The SMILES string of the molecule is CCCC(CCC)(COc1ccc(C)cc1)CS(=O)(=O)Cl. The Labute approximate surface area is 133 Å². The first-order valence-electron chi connectivity index (χ1n) is 7.42. The molecule has 0 aliphatic heterocycles. The molecule has 0 aliphatic rings. The molecule has 0 aromatic heterocycles. The van der Waals surface area contributed by atoms with Crippen LogP contribution in [0.4, 0.5) is 0 Å². The van der Waals surface area contributed by atoms with Gasteiger partial charge in [-0.15, -0.1) is 0 Å². The van der Waals surface area contributed by atoms with E-state index in [-0.39, 0.29) is 5.75 Å². The van der Waals surface area contributed by atoms with E-state index in [9.17, 15) is 8.42 Å². The maximum absolute atomic E-state index is 11.6. The van der Waals surface area contributed by atoms with E-state index in [1.165, 1.54) is 5.56 Å². The molecule has 0 saturated carbocycles. The molecule has 0 heterocycles. The summed E-state index contributed by atoms with van der Waals surface area (Å²) < 4.78 is 29.0. The van der Waals surface area contributed by atoms with Crippen molar-refractivity contribution in [3.05, 3.63) is 29.8 Å². The van der Waals surface area contributed by atoms with Gasteiger partial charge in [0.15, 0.2) is 0 Å². The number of halogens is 1. The van der Waals surface area contributed by atoms with Crippen molar-refractivity contribution in [3.63, 3.8) is 0 Å². The highest BCUT2D eigenvalue weighted by Crippen LogP contribution is 2.33. The van der Waals surface area contributed by atoms with Crippen molar-refractivity contribution in [2.45, 2.75) is 46.5 Å². The molecule has 0 N–H and O–H groups in total. The van der Waals surface area contributed by atoms with Gasteiger partial charge in [-0.2, -0.15) is 0 Å². The maximum Gasteiger partial charge on any atom is 0.233 e. The van der Waals surface area contributed by atoms with Gasteiger partial charge in [0.05, 0.1) is 12.4 Å². The first kappa shape index (κ1) is 18.3. The molecule has 0 saturated heterocycles. The molecule has 0 bridgehead atoms. The number of rotatable bonds is 9. The van der Waals surface area contributed by atoms with Gasteiger partial charge in [-0.05, 0) is 31.9 Å². The van der Waals surface area contributed by atoms with Crippen LogP contribution in [0.1, 0.15) is 45.1 Å². The Hall–Kier alpha value is -0.740. The summed E-state index contributed by atoms with van der Waals surface area (Å²) in [4.78, 5) is 0. The molecule has 0 fully saturated rings. The van der Waals surface area contributed by atoms with Crippen LogP contribution in [0.3, 0.4) is 0 Å². The smallest absolute Gasteiger partial charge is 0.233 e. The van der Waals surface area contributed by atoms with Gasteiger partial charge in [0.25, 0.3) is 0 Å². The van der Waals surface area contributed by atoms with Crippen molar-refractivity contribution < 1.29 is 13.2 Å². The summed E-state index contributed by atoms with van der Waals surface area (Å²) in [5, 5.41) is 0. The predicted molar refractivity (Wildman–Crippen MR) is 88.6 cm³/mol. The van der Waals surface area contributed by atoms with Crippen LogP contribution >= 0.6 is 10.7 Å². The molecule has 0 amide bonds. The number of benzene rings is 1. The third-order valence-corrected chi connectivity index (χ3v) is 4.89. The lowest BCUT2D eigenvalue weighted by atomic mass is 9.82. The molecule has 120 valence electrons.